The van der Waals surface area contributed by atoms with Crippen LogP contribution < -0.4 is 5.32 Å². The first-order chi connectivity index (χ1) is 10.1. The van der Waals surface area contributed by atoms with Gasteiger partial charge in [-0.1, -0.05) is 24.3 Å². The van der Waals surface area contributed by atoms with Crippen molar-refractivity contribution in [3.05, 3.63) is 69.3 Å². The molecule has 1 N–H and O–H groups in total. The van der Waals surface area contributed by atoms with Crippen molar-refractivity contribution in [1.29, 1.82) is 0 Å². The molecule has 0 aliphatic rings. The van der Waals surface area contributed by atoms with Gasteiger partial charge in [-0.15, -0.1) is 0 Å². The molecule has 0 radical (unpaired) electrons. The van der Waals surface area contributed by atoms with Crippen LogP contribution in [0.25, 0.3) is 0 Å². The third-order valence-electron chi connectivity index (χ3n) is 3.24. The standard InChI is InChI=1S/C16H18N2O3/c1-12-9-15(18(19)20)7-8-16(12)17-10-13-3-5-14(6-4-13)11-21-2/h3-9,17H,10-11H2,1-2H3. The molecule has 5 heteroatoms. The molecule has 0 fully saturated rings. The maximum absolute atomic E-state index is 10.7. The first kappa shape index (κ1) is 15.0. The molecule has 21 heavy (non-hydrogen) atoms. The number of aryl methyl sites for hydroxylation is 1. The summed E-state index contributed by atoms with van der Waals surface area (Å²) in [6, 6.07) is 13.0. The van der Waals surface area contributed by atoms with Crippen LogP contribution in [0.4, 0.5) is 11.4 Å². The van der Waals surface area contributed by atoms with Crippen molar-refractivity contribution in [1.82, 2.24) is 0 Å². The molecule has 0 spiro atoms. The van der Waals surface area contributed by atoms with Gasteiger partial charge in [-0.3, -0.25) is 10.1 Å². The molecule has 110 valence electrons. The maximum Gasteiger partial charge on any atom is 0.269 e. The van der Waals surface area contributed by atoms with Crippen molar-refractivity contribution in [2.75, 3.05) is 12.4 Å². The Labute approximate surface area is 123 Å². The Kier molecular flexibility index (Phi) is 4.90. The SMILES string of the molecule is COCc1ccc(CNc2ccc([N+](=O)[O-])cc2C)cc1. The molecular weight excluding hydrogens is 268 g/mol. The second kappa shape index (κ2) is 6.85. The van der Waals surface area contributed by atoms with Crippen LogP contribution in [0.5, 0.6) is 0 Å². The highest BCUT2D eigenvalue weighted by Gasteiger charge is 2.07. The van der Waals surface area contributed by atoms with Crippen LogP contribution in [0.15, 0.2) is 42.5 Å². The molecule has 0 aliphatic carbocycles. The van der Waals surface area contributed by atoms with Crippen LogP contribution >= 0.6 is 0 Å². The molecule has 2 aromatic rings. The summed E-state index contributed by atoms with van der Waals surface area (Å²) >= 11 is 0. The number of ether oxygens (including phenoxy) is 1. The molecule has 5 nitrogen and oxygen atoms in total. The molecule has 2 aromatic carbocycles. The zero-order valence-electron chi connectivity index (χ0n) is 12.1. The van der Waals surface area contributed by atoms with Gasteiger partial charge in [0.2, 0.25) is 0 Å². The minimum atomic E-state index is -0.384. The number of anilines is 1. The Morgan fingerprint density at radius 1 is 1.14 bits per heavy atom. The van der Waals surface area contributed by atoms with Gasteiger partial charge in [-0.2, -0.15) is 0 Å². The molecule has 0 amide bonds. The first-order valence-corrected chi connectivity index (χ1v) is 6.66. The monoisotopic (exact) mass is 286 g/mol. The average molecular weight is 286 g/mol. The first-order valence-electron chi connectivity index (χ1n) is 6.66. The van der Waals surface area contributed by atoms with E-state index in [1.54, 1.807) is 19.2 Å². The fourth-order valence-electron chi connectivity index (χ4n) is 2.08. The largest absolute Gasteiger partial charge is 0.381 e. The van der Waals surface area contributed by atoms with Gasteiger partial charge in [0.15, 0.2) is 0 Å². The number of non-ortho nitro benzene ring substituents is 1. The van der Waals surface area contributed by atoms with E-state index in [1.807, 2.05) is 31.2 Å². The average Bonchev–Trinajstić information content (AvgIpc) is 2.47. The van der Waals surface area contributed by atoms with Crippen LogP contribution in [0.1, 0.15) is 16.7 Å². The van der Waals surface area contributed by atoms with Gasteiger partial charge in [0.25, 0.3) is 5.69 Å². The molecule has 0 aromatic heterocycles. The topological polar surface area (TPSA) is 64.4 Å². The van der Waals surface area contributed by atoms with E-state index < -0.39 is 0 Å². The summed E-state index contributed by atoms with van der Waals surface area (Å²) in [5.74, 6) is 0. The van der Waals surface area contributed by atoms with Gasteiger partial charge in [-0.25, -0.2) is 0 Å². The second-order valence-electron chi connectivity index (χ2n) is 4.86. The number of hydrogen-bond donors (Lipinski definition) is 1. The van der Waals surface area contributed by atoms with Gasteiger partial charge < -0.3 is 10.1 Å². The molecule has 0 bridgehead atoms. The number of rotatable bonds is 6. The maximum atomic E-state index is 10.7. The third kappa shape index (κ3) is 4.03. The van der Waals surface area contributed by atoms with Crippen molar-refractivity contribution in [2.45, 2.75) is 20.1 Å². The summed E-state index contributed by atoms with van der Waals surface area (Å²) in [6.07, 6.45) is 0. The van der Waals surface area contributed by atoms with Crippen LogP contribution in [-0.4, -0.2) is 12.0 Å². The van der Waals surface area contributed by atoms with E-state index in [4.69, 9.17) is 4.74 Å². The summed E-state index contributed by atoms with van der Waals surface area (Å²) < 4.78 is 5.07. The Morgan fingerprint density at radius 2 is 1.81 bits per heavy atom. The lowest BCUT2D eigenvalue weighted by atomic mass is 10.1. The van der Waals surface area contributed by atoms with Crippen molar-refractivity contribution in [2.24, 2.45) is 0 Å². The Balaban J connectivity index is 2.01. The van der Waals surface area contributed by atoms with Crippen LogP contribution in [0, 0.1) is 17.0 Å². The molecule has 0 atom stereocenters. The minimum absolute atomic E-state index is 0.113. The second-order valence-corrected chi connectivity index (χ2v) is 4.86. The van der Waals surface area contributed by atoms with Gasteiger partial charge in [0.1, 0.15) is 0 Å². The lowest BCUT2D eigenvalue weighted by Gasteiger charge is -2.10. The van der Waals surface area contributed by atoms with Gasteiger partial charge in [0.05, 0.1) is 11.5 Å². The summed E-state index contributed by atoms with van der Waals surface area (Å²) in [5, 5.41) is 14.0. The van der Waals surface area contributed by atoms with E-state index in [-0.39, 0.29) is 10.6 Å². The van der Waals surface area contributed by atoms with Gasteiger partial charge >= 0.3 is 0 Å². The molecule has 2 rings (SSSR count). The van der Waals surface area contributed by atoms with Gasteiger partial charge in [0, 0.05) is 31.5 Å². The number of hydrogen-bond acceptors (Lipinski definition) is 4. The predicted molar refractivity (Wildman–Crippen MR) is 82.3 cm³/mol. The zero-order valence-corrected chi connectivity index (χ0v) is 12.1. The third-order valence-corrected chi connectivity index (χ3v) is 3.24. The van der Waals surface area contributed by atoms with Crippen LogP contribution in [0.2, 0.25) is 0 Å². The minimum Gasteiger partial charge on any atom is -0.381 e. The van der Waals surface area contributed by atoms with Crippen LogP contribution in [-0.2, 0) is 17.9 Å². The zero-order chi connectivity index (χ0) is 15.2. The number of nitro groups is 1. The van der Waals surface area contributed by atoms with E-state index in [0.29, 0.717) is 13.2 Å². The number of nitrogens with zero attached hydrogens (tertiary/aromatic N) is 1. The molecule has 0 aliphatic heterocycles. The molecule has 0 saturated carbocycles. The normalized spacial score (nSPS) is 10.4. The molecular formula is C16H18N2O3. The smallest absolute Gasteiger partial charge is 0.269 e. The molecule has 0 heterocycles. The van der Waals surface area contributed by atoms with Crippen molar-refractivity contribution in [3.63, 3.8) is 0 Å². The molecule has 0 unspecified atom stereocenters. The molecule has 0 saturated heterocycles. The lowest BCUT2D eigenvalue weighted by molar-refractivity contribution is -0.384. The summed E-state index contributed by atoms with van der Waals surface area (Å²) in [4.78, 5) is 10.3. The van der Waals surface area contributed by atoms with Crippen molar-refractivity contribution in [3.8, 4) is 0 Å². The van der Waals surface area contributed by atoms with Crippen molar-refractivity contribution < 1.29 is 9.66 Å². The highest BCUT2D eigenvalue weighted by atomic mass is 16.6. The Hall–Kier alpha value is -2.40. The fraction of sp³-hybridized carbons (Fsp3) is 0.250. The fourth-order valence-corrected chi connectivity index (χ4v) is 2.08. The Bertz CT molecular complexity index is 624. The van der Waals surface area contributed by atoms with E-state index >= 15 is 0 Å². The summed E-state index contributed by atoms with van der Waals surface area (Å²) in [7, 11) is 1.67. The van der Waals surface area contributed by atoms with E-state index in [9.17, 15) is 10.1 Å². The van der Waals surface area contributed by atoms with Gasteiger partial charge in [-0.05, 0) is 29.7 Å². The van der Waals surface area contributed by atoms with E-state index in [2.05, 4.69) is 5.32 Å². The predicted octanol–water partition coefficient (Wildman–Crippen LogP) is 3.66. The van der Waals surface area contributed by atoms with E-state index in [1.165, 1.54) is 6.07 Å². The highest BCUT2D eigenvalue weighted by Crippen LogP contribution is 2.21. The van der Waals surface area contributed by atoms with Crippen LogP contribution in [0.3, 0.4) is 0 Å². The van der Waals surface area contributed by atoms with Crippen molar-refractivity contribution >= 4 is 11.4 Å². The lowest BCUT2D eigenvalue weighted by Crippen LogP contribution is -2.02. The quantitative estimate of drug-likeness (QED) is 0.650. The highest BCUT2D eigenvalue weighted by molar-refractivity contribution is 5.55. The number of benzene rings is 2. The number of nitrogens with one attached hydrogen (secondary N) is 1. The Morgan fingerprint density at radius 3 is 2.38 bits per heavy atom. The number of methoxy groups -OCH3 is 1. The number of nitro benzene ring substituents is 1. The summed E-state index contributed by atoms with van der Waals surface area (Å²) in [5.41, 5.74) is 4.16. The van der Waals surface area contributed by atoms with E-state index in [0.717, 1.165) is 22.4 Å². The summed E-state index contributed by atoms with van der Waals surface area (Å²) in [6.45, 7) is 3.14.